The van der Waals surface area contributed by atoms with Crippen molar-refractivity contribution in [3.05, 3.63) is 53.7 Å². The van der Waals surface area contributed by atoms with Gasteiger partial charge < -0.3 is 15.4 Å². The van der Waals surface area contributed by atoms with Crippen LogP contribution in [0.2, 0.25) is 0 Å². The van der Waals surface area contributed by atoms with Crippen molar-refractivity contribution in [1.82, 2.24) is 4.98 Å². The van der Waals surface area contributed by atoms with E-state index in [4.69, 9.17) is 4.74 Å². The quantitative estimate of drug-likeness (QED) is 0.768. The van der Waals surface area contributed by atoms with Gasteiger partial charge in [-0.3, -0.25) is 4.79 Å². The lowest BCUT2D eigenvalue weighted by Crippen LogP contribution is -2.14. The van der Waals surface area contributed by atoms with Gasteiger partial charge >= 0.3 is 0 Å². The van der Waals surface area contributed by atoms with E-state index < -0.39 is 0 Å². The van der Waals surface area contributed by atoms with Crippen LogP contribution in [0.15, 0.2) is 42.6 Å². The van der Waals surface area contributed by atoms with Gasteiger partial charge in [-0.15, -0.1) is 0 Å². The molecule has 122 valence electrons. The van der Waals surface area contributed by atoms with Gasteiger partial charge in [-0.1, -0.05) is 32.0 Å². The van der Waals surface area contributed by atoms with Gasteiger partial charge in [-0.2, -0.15) is 0 Å². The number of amides is 1. The number of ether oxygens (including phenoxy) is 1. The van der Waals surface area contributed by atoms with E-state index in [0.29, 0.717) is 24.6 Å². The number of methoxy groups -OCH3 is 1. The average Bonchev–Trinajstić information content (AvgIpc) is 2.56. The van der Waals surface area contributed by atoms with Crippen LogP contribution in [-0.2, 0) is 4.74 Å². The van der Waals surface area contributed by atoms with Crippen molar-refractivity contribution in [2.24, 2.45) is 0 Å². The Labute approximate surface area is 137 Å². The Morgan fingerprint density at radius 1 is 1.22 bits per heavy atom. The fraction of sp³-hybridized carbons (Fsp3) is 0.333. The molecule has 0 spiro atoms. The molecule has 2 rings (SSSR count). The third-order valence-electron chi connectivity index (χ3n) is 3.47. The summed E-state index contributed by atoms with van der Waals surface area (Å²) in [7, 11) is 1.65. The minimum atomic E-state index is -0.158. The van der Waals surface area contributed by atoms with Gasteiger partial charge in [0, 0.05) is 25.5 Å². The van der Waals surface area contributed by atoms with E-state index >= 15 is 0 Å². The second-order valence-corrected chi connectivity index (χ2v) is 5.55. The molecule has 0 aliphatic heterocycles. The van der Waals surface area contributed by atoms with Crippen molar-refractivity contribution < 1.29 is 9.53 Å². The van der Waals surface area contributed by atoms with Crippen LogP contribution in [0.25, 0.3) is 0 Å². The molecule has 2 aromatic rings. The monoisotopic (exact) mass is 313 g/mol. The summed E-state index contributed by atoms with van der Waals surface area (Å²) >= 11 is 0. The number of carbonyl (C=O) groups is 1. The number of rotatable bonds is 7. The molecule has 0 unspecified atom stereocenters. The van der Waals surface area contributed by atoms with E-state index in [2.05, 4.69) is 29.5 Å². The summed E-state index contributed by atoms with van der Waals surface area (Å²) in [5.41, 5.74) is 2.49. The standard InChI is InChI=1S/C18H23N3O2/c1-13(2)15-6-4-5-7-16(15)21-18(22)14-8-9-17(20-12-14)19-10-11-23-3/h4-9,12-13H,10-11H2,1-3H3,(H,19,20)(H,21,22). The molecule has 0 bridgehead atoms. The molecule has 0 saturated heterocycles. The van der Waals surface area contributed by atoms with Gasteiger partial charge in [0.2, 0.25) is 0 Å². The highest BCUT2D eigenvalue weighted by Crippen LogP contribution is 2.24. The zero-order chi connectivity index (χ0) is 16.7. The van der Waals surface area contributed by atoms with E-state index in [1.807, 2.05) is 24.3 Å². The molecule has 1 heterocycles. The zero-order valence-corrected chi connectivity index (χ0v) is 13.8. The van der Waals surface area contributed by atoms with Crippen molar-refractivity contribution in [2.45, 2.75) is 19.8 Å². The Morgan fingerprint density at radius 3 is 2.65 bits per heavy atom. The summed E-state index contributed by atoms with van der Waals surface area (Å²) in [6, 6.07) is 11.4. The second-order valence-electron chi connectivity index (χ2n) is 5.55. The summed E-state index contributed by atoms with van der Waals surface area (Å²) < 4.78 is 4.97. The smallest absolute Gasteiger partial charge is 0.257 e. The first-order chi connectivity index (χ1) is 11.1. The lowest BCUT2D eigenvalue weighted by molar-refractivity contribution is 0.102. The molecule has 0 saturated carbocycles. The fourth-order valence-corrected chi connectivity index (χ4v) is 2.22. The molecular weight excluding hydrogens is 290 g/mol. The maximum atomic E-state index is 12.4. The maximum absolute atomic E-state index is 12.4. The van der Waals surface area contributed by atoms with Gasteiger partial charge in [-0.25, -0.2) is 4.98 Å². The molecule has 0 atom stereocenters. The summed E-state index contributed by atoms with van der Waals surface area (Å²) in [5.74, 6) is 0.909. The molecule has 2 N–H and O–H groups in total. The summed E-state index contributed by atoms with van der Waals surface area (Å²) in [6.07, 6.45) is 1.57. The molecule has 1 aromatic carbocycles. The molecule has 0 radical (unpaired) electrons. The number of para-hydroxylation sites is 1. The Bertz CT molecular complexity index is 639. The first-order valence-electron chi connectivity index (χ1n) is 7.71. The Hall–Kier alpha value is -2.40. The zero-order valence-electron chi connectivity index (χ0n) is 13.8. The minimum absolute atomic E-state index is 0.158. The second kappa shape index (κ2) is 8.29. The van der Waals surface area contributed by atoms with Gasteiger partial charge in [0.25, 0.3) is 5.91 Å². The molecule has 0 aliphatic rings. The summed E-state index contributed by atoms with van der Waals surface area (Å²) in [4.78, 5) is 16.6. The molecular formula is C18H23N3O2. The largest absolute Gasteiger partial charge is 0.383 e. The third-order valence-corrected chi connectivity index (χ3v) is 3.47. The molecule has 23 heavy (non-hydrogen) atoms. The van der Waals surface area contributed by atoms with Crippen LogP contribution in [0.4, 0.5) is 11.5 Å². The summed E-state index contributed by atoms with van der Waals surface area (Å²) in [6.45, 7) is 5.49. The van der Waals surface area contributed by atoms with Gasteiger partial charge in [0.1, 0.15) is 5.82 Å². The van der Waals surface area contributed by atoms with E-state index in [1.54, 1.807) is 25.4 Å². The van der Waals surface area contributed by atoms with Crippen LogP contribution in [-0.4, -0.2) is 31.2 Å². The predicted octanol–water partition coefficient (Wildman–Crippen LogP) is 3.52. The first-order valence-corrected chi connectivity index (χ1v) is 7.71. The van der Waals surface area contributed by atoms with E-state index in [-0.39, 0.29) is 5.91 Å². The van der Waals surface area contributed by atoms with Crippen LogP contribution < -0.4 is 10.6 Å². The van der Waals surface area contributed by atoms with Crippen LogP contribution in [0, 0.1) is 0 Å². The number of carbonyl (C=O) groups excluding carboxylic acids is 1. The molecule has 1 amide bonds. The van der Waals surface area contributed by atoms with Crippen LogP contribution in [0.1, 0.15) is 35.7 Å². The molecule has 5 heteroatoms. The molecule has 1 aromatic heterocycles. The lowest BCUT2D eigenvalue weighted by Gasteiger charge is -2.13. The molecule has 0 aliphatic carbocycles. The fourth-order valence-electron chi connectivity index (χ4n) is 2.22. The van der Waals surface area contributed by atoms with E-state index in [9.17, 15) is 4.79 Å². The maximum Gasteiger partial charge on any atom is 0.257 e. The average molecular weight is 313 g/mol. The number of nitrogens with zero attached hydrogens (tertiary/aromatic N) is 1. The highest BCUT2D eigenvalue weighted by molar-refractivity contribution is 6.04. The van der Waals surface area contributed by atoms with E-state index in [0.717, 1.165) is 17.1 Å². The number of aromatic nitrogens is 1. The predicted molar refractivity (Wildman–Crippen MR) is 93.1 cm³/mol. The molecule has 0 fully saturated rings. The first kappa shape index (κ1) is 17.0. The molecule has 5 nitrogen and oxygen atoms in total. The normalized spacial score (nSPS) is 10.6. The highest BCUT2D eigenvalue weighted by Gasteiger charge is 2.11. The van der Waals surface area contributed by atoms with Gasteiger partial charge in [-0.05, 0) is 29.7 Å². The van der Waals surface area contributed by atoms with Crippen molar-refractivity contribution in [3.63, 3.8) is 0 Å². The van der Waals surface area contributed by atoms with Gasteiger partial charge in [0.15, 0.2) is 0 Å². The highest BCUT2D eigenvalue weighted by atomic mass is 16.5. The number of anilines is 2. The van der Waals surface area contributed by atoms with Crippen LogP contribution >= 0.6 is 0 Å². The van der Waals surface area contributed by atoms with Crippen LogP contribution in [0.3, 0.4) is 0 Å². The summed E-state index contributed by atoms with van der Waals surface area (Å²) in [5, 5.41) is 6.08. The topological polar surface area (TPSA) is 63.2 Å². The van der Waals surface area contributed by atoms with Crippen molar-refractivity contribution >= 4 is 17.4 Å². The van der Waals surface area contributed by atoms with E-state index in [1.165, 1.54) is 0 Å². The van der Waals surface area contributed by atoms with Crippen molar-refractivity contribution in [3.8, 4) is 0 Å². The number of nitrogens with one attached hydrogen (secondary N) is 2. The van der Waals surface area contributed by atoms with Crippen molar-refractivity contribution in [2.75, 3.05) is 30.9 Å². The minimum Gasteiger partial charge on any atom is -0.383 e. The Kier molecular flexibility index (Phi) is 6.11. The van der Waals surface area contributed by atoms with Crippen molar-refractivity contribution in [1.29, 1.82) is 0 Å². The number of hydrogen-bond donors (Lipinski definition) is 2. The Balaban J connectivity index is 2.04. The lowest BCUT2D eigenvalue weighted by atomic mass is 10.0. The SMILES string of the molecule is COCCNc1ccc(C(=O)Nc2ccccc2C(C)C)cn1. The number of benzene rings is 1. The number of pyridine rings is 1. The van der Waals surface area contributed by atoms with Gasteiger partial charge in [0.05, 0.1) is 12.2 Å². The van der Waals surface area contributed by atoms with Crippen LogP contribution in [0.5, 0.6) is 0 Å². The third kappa shape index (κ3) is 4.79. The Morgan fingerprint density at radius 2 is 2.00 bits per heavy atom. The number of hydrogen-bond acceptors (Lipinski definition) is 4.